The normalized spacial score (nSPS) is 10.8. The third-order valence-corrected chi connectivity index (χ3v) is 1.74. The third kappa shape index (κ3) is 0.827. The van der Waals surface area contributed by atoms with Crippen LogP contribution in [0, 0.1) is 0 Å². The molecule has 2 heterocycles. The van der Waals surface area contributed by atoms with Crippen LogP contribution >= 0.6 is 0 Å². The maximum atomic E-state index is 11.2. The molecule has 0 atom stereocenters. The van der Waals surface area contributed by atoms with E-state index in [1.54, 1.807) is 4.68 Å². The highest BCUT2D eigenvalue weighted by Crippen LogP contribution is 2.01. The van der Waals surface area contributed by atoms with Crippen LogP contribution < -0.4 is 5.56 Å². The van der Waals surface area contributed by atoms with Crippen molar-refractivity contribution >= 4 is 11.0 Å². The van der Waals surface area contributed by atoms with E-state index in [-0.39, 0.29) is 5.56 Å². The Morgan fingerprint density at radius 2 is 2.50 bits per heavy atom. The summed E-state index contributed by atoms with van der Waals surface area (Å²) in [6.45, 7) is 2.65. The van der Waals surface area contributed by atoms with Gasteiger partial charge in [0.1, 0.15) is 11.7 Å². The van der Waals surface area contributed by atoms with Crippen molar-refractivity contribution in [1.29, 1.82) is 0 Å². The van der Waals surface area contributed by atoms with Gasteiger partial charge in [0.2, 0.25) is 0 Å². The number of rotatable bonds is 1. The van der Waals surface area contributed by atoms with Gasteiger partial charge in [-0.05, 0) is 6.92 Å². The van der Waals surface area contributed by atoms with Crippen LogP contribution in [0.1, 0.15) is 6.92 Å². The monoisotopic (exact) mass is 164 g/mol. The lowest BCUT2D eigenvalue weighted by atomic mass is 10.4. The van der Waals surface area contributed by atoms with Crippen molar-refractivity contribution in [2.45, 2.75) is 13.5 Å². The van der Waals surface area contributed by atoms with Crippen LogP contribution in [0.3, 0.4) is 0 Å². The van der Waals surface area contributed by atoms with Crippen LogP contribution in [0.15, 0.2) is 17.3 Å². The molecule has 2 rings (SSSR count). The fourth-order valence-corrected chi connectivity index (χ4v) is 1.16. The topological polar surface area (TPSA) is 63.6 Å². The molecule has 0 aliphatic carbocycles. The fourth-order valence-electron chi connectivity index (χ4n) is 1.16. The molecule has 0 aromatic carbocycles. The standard InChI is InChI=1S/C7H8N4O/c1-2-11-6-5(7(12)10-11)3-8-4-9-6/h3-4H,2H2,1H3,(H,10,12). The Labute approximate surface area is 68.1 Å². The molecule has 0 amide bonds. The van der Waals surface area contributed by atoms with E-state index in [4.69, 9.17) is 0 Å². The van der Waals surface area contributed by atoms with Crippen molar-refractivity contribution in [2.75, 3.05) is 0 Å². The molecular weight excluding hydrogens is 156 g/mol. The van der Waals surface area contributed by atoms with Gasteiger partial charge in [-0.25, -0.2) is 9.97 Å². The Balaban J connectivity index is 2.91. The molecule has 0 saturated heterocycles. The molecule has 0 spiro atoms. The minimum atomic E-state index is -0.132. The molecule has 5 heteroatoms. The SMILES string of the molecule is CCn1[nH]c(=O)c2cncnc21. The first-order chi connectivity index (χ1) is 5.83. The Morgan fingerprint density at radius 3 is 3.25 bits per heavy atom. The van der Waals surface area contributed by atoms with Gasteiger partial charge in [-0.3, -0.25) is 14.6 Å². The van der Waals surface area contributed by atoms with Gasteiger partial charge in [-0.1, -0.05) is 0 Å². The van der Waals surface area contributed by atoms with Crippen molar-refractivity contribution < 1.29 is 0 Å². The van der Waals surface area contributed by atoms with Crippen molar-refractivity contribution in [3.8, 4) is 0 Å². The zero-order valence-corrected chi connectivity index (χ0v) is 6.61. The number of hydrogen-bond donors (Lipinski definition) is 1. The van der Waals surface area contributed by atoms with Gasteiger partial charge in [0, 0.05) is 12.7 Å². The van der Waals surface area contributed by atoms with Gasteiger partial charge in [0.25, 0.3) is 5.56 Å². The second-order valence-electron chi connectivity index (χ2n) is 2.45. The van der Waals surface area contributed by atoms with E-state index in [2.05, 4.69) is 15.1 Å². The summed E-state index contributed by atoms with van der Waals surface area (Å²) in [4.78, 5) is 19.0. The molecule has 12 heavy (non-hydrogen) atoms. The molecule has 2 aromatic heterocycles. The van der Waals surface area contributed by atoms with Gasteiger partial charge in [0.15, 0.2) is 5.65 Å². The maximum absolute atomic E-state index is 11.2. The van der Waals surface area contributed by atoms with E-state index in [1.165, 1.54) is 12.5 Å². The van der Waals surface area contributed by atoms with Crippen LogP contribution in [0.4, 0.5) is 0 Å². The summed E-state index contributed by atoms with van der Waals surface area (Å²) in [5, 5.41) is 3.20. The summed E-state index contributed by atoms with van der Waals surface area (Å²) in [6, 6.07) is 0. The Morgan fingerprint density at radius 1 is 1.67 bits per heavy atom. The lowest BCUT2D eigenvalue weighted by Crippen LogP contribution is -2.03. The lowest BCUT2D eigenvalue weighted by molar-refractivity contribution is 0.668. The number of nitrogens with one attached hydrogen (secondary N) is 1. The van der Waals surface area contributed by atoms with E-state index in [0.717, 1.165) is 0 Å². The van der Waals surface area contributed by atoms with Crippen molar-refractivity contribution in [1.82, 2.24) is 19.7 Å². The van der Waals surface area contributed by atoms with Crippen LogP contribution in [-0.4, -0.2) is 19.7 Å². The molecule has 5 nitrogen and oxygen atoms in total. The Hall–Kier alpha value is -1.65. The quantitative estimate of drug-likeness (QED) is 0.652. The first-order valence-electron chi connectivity index (χ1n) is 3.71. The predicted molar refractivity (Wildman–Crippen MR) is 43.8 cm³/mol. The van der Waals surface area contributed by atoms with Gasteiger partial charge in [-0.15, -0.1) is 0 Å². The van der Waals surface area contributed by atoms with Crippen LogP contribution in [0.2, 0.25) is 0 Å². The maximum Gasteiger partial charge on any atom is 0.275 e. The Kier molecular flexibility index (Phi) is 1.43. The van der Waals surface area contributed by atoms with Crippen molar-refractivity contribution in [3.63, 3.8) is 0 Å². The van der Waals surface area contributed by atoms with Gasteiger partial charge in [-0.2, -0.15) is 0 Å². The molecule has 0 radical (unpaired) electrons. The van der Waals surface area contributed by atoms with E-state index < -0.39 is 0 Å². The number of nitrogens with zero attached hydrogens (tertiary/aromatic N) is 3. The van der Waals surface area contributed by atoms with Crippen molar-refractivity contribution in [3.05, 3.63) is 22.9 Å². The minimum absolute atomic E-state index is 0.132. The number of aryl methyl sites for hydroxylation is 1. The third-order valence-electron chi connectivity index (χ3n) is 1.74. The molecule has 1 N–H and O–H groups in total. The van der Waals surface area contributed by atoms with Gasteiger partial charge >= 0.3 is 0 Å². The first kappa shape index (κ1) is 7.02. The summed E-state index contributed by atoms with van der Waals surface area (Å²) in [5.41, 5.74) is 0.532. The summed E-state index contributed by atoms with van der Waals surface area (Å²) in [6.07, 6.45) is 2.95. The number of H-pyrrole nitrogens is 1. The molecule has 2 aromatic rings. The predicted octanol–water partition coefficient (Wildman–Crippen LogP) is 0.140. The second-order valence-corrected chi connectivity index (χ2v) is 2.45. The molecule has 0 saturated carbocycles. The van der Waals surface area contributed by atoms with Gasteiger partial charge < -0.3 is 0 Å². The number of fused-ring (bicyclic) bond motifs is 1. The minimum Gasteiger partial charge on any atom is -0.268 e. The first-order valence-corrected chi connectivity index (χ1v) is 3.71. The molecule has 0 bridgehead atoms. The number of aromatic amines is 1. The molecule has 0 aliphatic rings. The van der Waals surface area contributed by atoms with E-state index in [0.29, 0.717) is 17.6 Å². The molecule has 0 fully saturated rings. The highest BCUT2D eigenvalue weighted by Gasteiger charge is 2.04. The van der Waals surface area contributed by atoms with E-state index in [1.807, 2.05) is 6.92 Å². The van der Waals surface area contributed by atoms with Gasteiger partial charge in [0.05, 0.1) is 0 Å². The van der Waals surface area contributed by atoms with Crippen molar-refractivity contribution in [2.24, 2.45) is 0 Å². The zero-order chi connectivity index (χ0) is 8.55. The molecule has 0 unspecified atom stereocenters. The van der Waals surface area contributed by atoms with E-state index in [9.17, 15) is 4.79 Å². The number of hydrogen-bond acceptors (Lipinski definition) is 3. The summed E-state index contributed by atoms with van der Waals surface area (Å²) in [7, 11) is 0. The Bertz CT molecular complexity index is 456. The summed E-state index contributed by atoms with van der Waals surface area (Å²) >= 11 is 0. The molecule has 62 valence electrons. The largest absolute Gasteiger partial charge is 0.275 e. The van der Waals surface area contributed by atoms with Crippen LogP contribution in [0.25, 0.3) is 11.0 Å². The molecular formula is C7H8N4O. The average molecular weight is 164 g/mol. The van der Waals surface area contributed by atoms with Crippen LogP contribution in [0.5, 0.6) is 0 Å². The lowest BCUT2D eigenvalue weighted by Gasteiger charge is -1.95. The summed E-state index contributed by atoms with van der Waals surface area (Å²) < 4.78 is 1.69. The molecule has 0 aliphatic heterocycles. The summed E-state index contributed by atoms with van der Waals surface area (Å²) in [5.74, 6) is 0. The highest BCUT2D eigenvalue weighted by atomic mass is 16.1. The number of aromatic nitrogens is 4. The zero-order valence-electron chi connectivity index (χ0n) is 6.61. The smallest absolute Gasteiger partial charge is 0.268 e. The van der Waals surface area contributed by atoms with Crippen LogP contribution in [-0.2, 0) is 6.54 Å². The second kappa shape index (κ2) is 2.44. The highest BCUT2D eigenvalue weighted by molar-refractivity contribution is 5.72. The van der Waals surface area contributed by atoms with E-state index >= 15 is 0 Å². The average Bonchev–Trinajstić information content (AvgIpc) is 2.44. The fraction of sp³-hybridized carbons (Fsp3) is 0.286.